The minimum atomic E-state index is -1.29. The fraction of sp³-hybridized carbons (Fsp3) is 0.263. The van der Waals surface area contributed by atoms with E-state index in [0.717, 1.165) is 17.5 Å². The number of nitrogens with zero attached hydrogens (tertiary/aromatic N) is 2. The van der Waals surface area contributed by atoms with Gasteiger partial charge in [0.2, 0.25) is 0 Å². The standard InChI is InChI=1S/C19H19N3O5/c1-11-2-5-13(17-21-10-15(19(26)27)18(25)22(11)17)9-20-14-6-3-12(4-7-14)8-16(23)24/h3-4,6-7,9-11,20H,2,5,8H2,1H3,(H,23,24)(H,26,27). The third kappa shape index (κ3) is 3.89. The lowest BCUT2D eigenvalue weighted by molar-refractivity contribution is -0.136. The molecule has 27 heavy (non-hydrogen) atoms. The van der Waals surface area contributed by atoms with E-state index < -0.39 is 17.5 Å². The van der Waals surface area contributed by atoms with Crippen molar-refractivity contribution in [3.05, 3.63) is 64.0 Å². The summed E-state index contributed by atoms with van der Waals surface area (Å²) in [4.78, 5) is 38.6. The number of fused-ring (bicyclic) bond motifs is 1. The molecule has 1 atom stereocenters. The summed E-state index contributed by atoms with van der Waals surface area (Å²) in [7, 11) is 0. The second-order valence-electron chi connectivity index (χ2n) is 6.44. The molecule has 1 aromatic heterocycles. The summed E-state index contributed by atoms with van der Waals surface area (Å²) in [6, 6.07) is 6.87. The quantitative estimate of drug-likeness (QED) is 0.739. The van der Waals surface area contributed by atoms with Gasteiger partial charge in [0.1, 0.15) is 11.4 Å². The van der Waals surface area contributed by atoms with E-state index in [1.807, 2.05) is 6.92 Å². The Kier molecular flexibility index (Phi) is 5.07. The first-order valence-electron chi connectivity index (χ1n) is 8.48. The number of hydrogen-bond donors (Lipinski definition) is 3. The number of benzene rings is 1. The normalized spacial score (nSPS) is 17.4. The molecule has 1 aromatic carbocycles. The molecule has 0 radical (unpaired) electrons. The van der Waals surface area contributed by atoms with Gasteiger partial charge in [0.25, 0.3) is 5.56 Å². The Hall–Kier alpha value is -3.42. The van der Waals surface area contributed by atoms with E-state index in [4.69, 9.17) is 10.2 Å². The summed E-state index contributed by atoms with van der Waals surface area (Å²) >= 11 is 0. The zero-order valence-electron chi connectivity index (χ0n) is 14.7. The van der Waals surface area contributed by atoms with E-state index in [0.29, 0.717) is 24.2 Å². The van der Waals surface area contributed by atoms with E-state index in [2.05, 4.69) is 10.3 Å². The van der Waals surface area contributed by atoms with Gasteiger partial charge in [0.05, 0.1) is 6.42 Å². The van der Waals surface area contributed by atoms with E-state index in [1.165, 1.54) is 4.57 Å². The molecule has 8 nitrogen and oxygen atoms in total. The molecule has 0 saturated carbocycles. The first kappa shape index (κ1) is 18.4. The van der Waals surface area contributed by atoms with E-state index in [-0.39, 0.29) is 18.0 Å². The number of nitrogens with one attached hydrogen (secondary N) is 1. The molecule has 0 saturated heterocycles. The van der Waals surface area contributed by atoms with Crippen LogP contribution in [0.2, 0.25) is 0 Å². The lowest BCUT2D eigenvalue weighted by Crippen LogP contribution is -2.34. The van der Waals surface area contributed by atoms with Crippen LogP contribution in [0.5, 0.6) is 0 Å². The van der Waals surface area contributed by atoms with Crippen LogP contribution in [0.1, 0.15) is 47.6 Å². The van der Waals surface area contributed by atoms with Crippen molar-refractivity contribution in [3.63, 3.8) is 0 Å². The van der Waals surface area contributed by atoms with E-state index in [1.54, 1.807) is 30.5 Å². The Bertz CT molecular complexity index is 976. The number of hydrogen-bond acceptors (Lipinski definition) is 5. The molecule has 1 aliphatic rings. The molecular weight excluding hydrogens is 350 g/mol. The molecule has 3 N–H and O–H groups in total. The van der Waals surface area contributed by atoms with Crippen LogP contribution in [-0.4, -0.2) is 31.7 Å². The van der Waals surface area contributed by atoms with Gasteiger partial charge in [0.15, 0.2) is 0 Å². The first-order valence-corrected chi connectivity index (χ1v) is 8.48. The molecule has 0 spiro atoms. The molecule has 0 amide bonds. The minimum Gasteiger partial charge on any atom is -0.481 e. The third-order valence-electron chi connectivity index (χ3n) is 4.51. The number of anilines is 1. The summed E-state index contributed by atoms with van der Waals surface area (Å²) in [5.74, 6) is -1.72. The largest absolute Gasteiger partial charge is 0.481 e. The van der Waals surface area contributed by atoms with Crippen LogP contribution in [0, 0.1) is 0 Å². The molecule has 0 bridgehead atoms. The number of aromatic nitrogens is 2. The summed E-state index contributed by atoms with van der Waals surface area (Å²) < 4.78 is 1.43. The topological polar surface area (TPSA) is 122 Å². The van der Waals surface area contributed by atoms with E-state index in [9.17, 15) is 14.4 Å². The van der Waals surface area contributed by atoms with Crippen molar-refractivity contribution >= 4 is 23.2 Å². The molecule has 1 unspecified atom stereocenters. The molecule has 0 fully saturated rings. The van der Waals surface area contributed by atoms with Gasteiger partial charge in [-0.05, 0) is 37.5 Å². The van der Waals surface area contributed by atoms with Crippen LogP contribution < -0.4 is 10.9 Å². The smallest absolute Gasteiger partial charge is 0.342 e. The molecular formula is C19H19N3O5. The Balaban J connectivity index is 1.87. The van der Waals surface area contributed by atoms with E-state index >= 15 is 0 Å². The number of carbonyl (C=O) groups is 2. The molecule has 3 rings (SSSR count). The van der Waals surface area contributed by atoms with Crippen LogP contribution >= 0.6 is 0 Å². The van der Waals surface area contributed by atoms with Crippen molar-refractivity contribution in [2.45, 2.75) is 32.2 Å². The first-order chi connectivity index (χ1) is 12.9. The summed E-state index contributed by atoms with van der Waals surface area (Å²) in [6.45, 7) is 1.86. The SMILES string of the molecule is CC1CCC(=CNc2ccc(CC(=O)O)cc2)c2ncc(C(=O)O)c(=O)n21. The highest BCUT2D eigenvalue weighted by molar-refractivity contribution is 5.87. The number of allylic oxidation sites excluding steroid dienone is 1. The second kappa shape index (κ2) is 7.45. The average Bonchev–Trinajstić information content (AvgIpc) is 2.61. The van der Waals surface area contributed by atoms with Gasteiger partial charge < -0.3 is 15.5 Å². The van der Waals surface area contributed by atoms with Gasteiger partial charge in [-0.25, -0.2) is 9.78 Å². The maximum absolute atomic E-state index is 12.5. The van der Waals surface area contributed by atoms with Crippen LogP contribution in [0.25, 0.3) is 5.57 Å². The molecule has 8 heteroatoms. The maximum Gasteiger partial charge on any atom is 0.342 e. The predicted octanol–water partition coefficient (Wildman–Crippen LogP) is 2.38. The van der Waals surface area contributed by atoms with Gasteiger partial charge in [-0.2, -0.15) is 0 Å². The van der Waals surface area contributed by atoms with Gasteiger partial charge in [-0.1, -0.05) is 12.1 Å². The zero-order valence-corrected chi connectivity index (χ0v) is 14.7. The van der Waals surface area contributed by atoms with Crippen molar-refractivity contribution in [1.82, 2.24) is 9.55 Å². The number of carboxylic acids is 2. The Morgan fingerprint density at radius 2 is 2.00 bits per heavy atom. The third-order valence-corrected chi connectivity index (χ3v) is 4.51. The van der Waals surface area contributed by atoms with Gasteiger partial charge in [-0.15, -0.1) is 0 Å². The Morgan fingerprint density at radius 1 is 1.30 bits per heavy atom. The van der Waals surface area contributed by atoms with Crippen molar-refractivity contribution in [2.24, 2.45) is 0 Å². The van der Waals surface area contributed by atoms with Gasteiger partial charge in [0, 0.05) is 29.7 Å². The summed E-state index contributed by atoms with van der Waals surface area (Å²) in [5.41, 5.74) is 1.38. The Morgan fingerprint density at radius 3 is 2.63 bits per heavy atom. The number of aromatic carboxylic acids is 1. The van der Waals surface area contributed by atoms with Crippen molar-refractivity contribution < 1.29 is 19.8 Å². The highest BCUT2D eigenvalue weighted by atomic mass is 16.4. The number of carboxylic acid groups (broad SMARTS) is 2. The highest BCUT2D eigenvalue weighted by Gasteiger charge is 2.25. The lowest BCUT2D eigenvalue weighted by Gasteiger charge is -2.26. The zero-order chi connectivity index (χ0) is 19.6. The summed E-state index contributed by atoms with van der Waals surface area (Å²) in [5, 5.41) is 21.1. The maximum atomic E-state index is 12.5. The monoisotopic (exact) mass is 369 g/mol. The van der Waals surface area contributed by atoms with Crippen LogP contribution in [0.3, 0.4) is 0 Å². The van der Waals surface area contributed by atoms with Crippen LogP contribution in [0.15, 0.2) is 41.5 Å². The minimum absolute atomic E-state index is 0.0363. The lowest BCUT2D eigenvalue weighted by atomic mass is 10.0. The molecule has 0 aliphatic carbocycles. The van der Waals surface area contributed by atoms with Crippen molar-refractivity contribution in [3.8, 4) is 0 Å². The molecule has 140 valence electrons. The van der Waals surface area contributed by atoms with Crippen LogP contribution in [-0.2, 0) is 11.2 Å². The predicted molar refractivity (Wildman–Crippen MR) is 98.8 cm³/mol. The second-order valence-corrected chi connectivity index (χ2v) is 6.44. The fourth-order valence-corrected chi connectivity index (χ4v) is 3.07. The highest BCUT2D eigenvalue weighted by Crippen LogP contribution is 2.29. The van der Waals surface area contributed by atoms with Crippen molar-refractivity contribution in [1.29, 1.82) is 0 Å². The van der Waals surface area contributed by atoms with Crippen molar-refractivity contribution in [2.75, 3.05) is 5.32 Å². The fourth-order valence-electron chi connectivity index (χ4n) is 3.07. The molecule has 2 aromatic rings. The van der Waals surface area contributed by atoms with Crippen LogP contribution in [0.4, 0.5) is 5.69 Å². The van der Waals surface area contributed by atoms with Gasteiger partial charge >= 0.3 is 11.9 Å². The number of aliphatic carboxylic acids is 1. The summed E-state index contributed by atoms with van der Waals surface area (Å²) in [6.07, 6.45) is 4.21. The van der Waals surface area contributed by atoms with Gasteiger partial charge in [-0.3, -0.25) is 14.2 Å². The Labute approximate surface area is 154 Å². The molecule has 2 heterocycles. The molecule has 1 aliphatic heterocycles. The number of rotatable bonds is 5. The average molecular weight is 369 g/mol.